The third kappa shape index (κ3) is 2.87. The summed E-state index contributed by atoms with van der Waals surface area (Å²) in [6.45, 7) is 0. The third-order valence-electron chi connectivity index (χ3n) is 4.88. The lowest BCUT2D eigenvalue weighted by molar-refractivity contribution is 0.0286. The third-order valence-corrected chi connectivity index (χ3v) is 4.88. The van der Waals surface area contributed by atoms with Gasteiger partial charge < -0.3 is 14.7 Å². The predicted octanol–water partition coefficient (Wildman–Crippen LogP) is 3.00. The Morgan fingerprint density at radius 2 is 1.92 bits per heavy atom. The van der Waals surface area contributed by atoms with E-state index >= 15 is 0 Å². The van der Waals surface area contributed by atoms with Crippen LogP contribution in [0.15, 0.2) is 48.7 Å². The molecule has 3 heterocycles. The van der Waals surface area contributed by atoms with E-state index in [9.17, 15) is 9.90 Å². The van der Waals surface area contributed by atoms with E-state index in [1.807, 2.05) is 35.2 Å². The second kappa shape index (κ2) is 6.24. The van der Waals surface area contributed by atoms with Crippen LogP contribution < -0.4 is 4.74 Å². The Bertz CT molecular complexity index is 720. The largest absolute Gasteiger partial charge is 0.439 e. The van der Waals surface area contributed by atoms with Crippen molar-refractivity contribution in [3.63, 3.8) is 0 Å². The van der Waals surface area contributed by atoms with Gasteiger partial charge in [-0.15, -0.1) is 0 Å². The highest BCUT2D eigenvalue weighted by atomic mass is 16.5. The van der Waals surface area contributed by atoms with Crippen molar-refractivity contribution >= 4 is 5.91 Å². The number of pyridine rings is 1. The van der Waals surface area contributed by atoms with Crippen LogP contribution in [-0.2, 0) is 0 Å². The van der Waals surface area contributed by atoms with Gasteiger partial charge in [-0.2, -0.15) is 0 Å². The molecule has 2 aliphatic heterocycles. The van der Waals surface area contributed by atoms with Crippen molar-refractivity contribution in [3.05, 3.63) is 54.2 Å². The molecular weight excluding hydrogens is 304 g/mol. The molecule has 1 aromatic carbocycles. The first-order valence-electron chi connectivity index (χ1n) is 8.40. The summed E-state index contributed by atoms with van der Waals surface area (Å²) in [5.74, 6) is 1.13. The van der Waals surface area contributed by atoms with E-state index in [0.717, 1.165) is 12.8 Å². The van der Waals surface area contributed by atoms with Crippen LogP contribution in [0.1, 0.15) is 36.0 Å². The van der Waals surface area contributed by atoms with Gasteiger partial charge in [0.05, 0.1) is 6.10 Å². The van der Waals surface area contributed by atoms with E-state index in [0.29, 0.717) is 30.0 Å². The molecule has 24 heavy (non-hydrogen) atoms. The number of fused-ring (bicyclic) bond motifs is 2. The summed E-state index contributed by atoms with van der Waals surface area (Å²) < 4.78 is 5.72. The molecule has 2 aliphatic rings. The Balaban J connectivity index is 1.54. The lowest BCUT2D eigenvalue weighted by atomic mass is 9.98. The van der Waals surface area contributed by atoms with Crippen molar-refractivity contribution in [3.8, 4) is 11.6 Å². The Hall–Kier alpha value is -2.40. The molecule has 4 rings (SSSR count). The summed E-state index contributed by atoms with van der Waals surface area (Å²) in [4.78, 5) is 19.0. The van der Waals surface area contributed by atoms with Gasteiger partial charge in [0, 0.05) is 29.9 Å². The highest BCUT2D eigenvalue weighted by molar-refractivity contribution is 5.95. The SMILES string of the molecule is O=C(c1cccc(Oc2ccccn2)c1)N1C2CCC1CC(O)C2. The molecule has 1 aromatic heterocycles. The van der Waals surface area contributed by atoms with E-state index in [-0.39, 0.29) is 24.1 Å². The van der Waals surface area contributed by atoms with E-state index in [2.05, 4.69) is 4.98 Å². The Kier molecular flexibility index (Phi) is 3.94. The molecule has 1 amide bonds. The van der Waals surface area contributed by atoms with Crippen LogP contribution in [0.2, 0.25) is 0 Å². The summed E-state index contributed by atoms with van der Waals surface area (Å²) >= 11 is 0. The second-order valence-corrected chi connectivity index (χ2v) is 6.52. The molecule has 2 saturated heterocycles. The standard InChI is InChI=1S/C19H20N2O3/c22-16-11-14-7-8-15(12-16)21(14)19(23)13-4-3-5-17(10-13)24-18-6-1-2-9-20-18/h1-6,9-10,14-16,22H,7-8,11-12H2. The van der Waals surface area contributed by atoms with Gasteiger partial charge in [0.1, 0.15) is 5.75 Å². The number of hydrogen-bond acceptors (Lipinski definition) is 4. The summed E-state index contributed by atoms with van der Waals surface area (Å²) in [5.41, 5.74) is 0.622. The van der Waals surface area contributed by atoms with Crippen LogP contribution in [0.3, 0.4) is 0 Å². The zero-order chi connectivity index (χ0) is 16.5. The molecule has 0 saturated carbocycles. The summed E-state index contributed by atoms with van der Waals surface area (Å²) in [5, 5.41) is 9.90. The average Bonchev–Trinajstić information content (AvgIpc) is 2.87. The molecule has 5 nitrogen and oxygen atoms in total. The molecule has 2 fully saturated rings. The first-order valence-corrected chi connectivity index (χ1v) is 8.40. The Labute approximate surface area is 140 Å². The number of aromatic nitrogens is 1. The minimum atomic E-state index is -0.273. The number of nitrogens with zero attached hydrogens (tertiary/aromatic N) is 2. The molecule has 2 atom stereocenters. The van der Waals surface area contributed by atoms with Gasteiger partial charge in [-0.05, 0) is 49.9 Å². The van der Waals surface area contributed by atoms with Crippen LogP contribution in [0.4, 0.5) is 0 Å². The number of carbonyl (C=O) groups is 1. The first-order chi connectivity index (χ1) is 11.7. The first kappa shape index (κ1) is 15.1. The number of aliphatic hydroxyl groups is 1. The fraction of sp³-hybridized carbons (Fsp3) is 0.368. The maximum Gasteiger partial charge on any atom is 0.254 e. The van der Waals surface area contributed by atoms with Crippen LogP contribution >= 0.6 is 0 Å². The van der Waals surface area contributed by atoms with Gasteiger partial charge in [-0.1, -0.05) is 12.1 Å². The maximum atomic E-state index is 12.9. The zero-order valence-electron chi connectivity index (χ0n) is 13.3. The van der Waals surface area contributed by atoms with Gasteiger partial charge in [-0.3, -0.25) is 4.79 Å². The molecule has 0 aliphatic carbocycles. The number of amides is 1. The maximum absolute atomic E-state index is 12.9. The number of carbonyl (C=O) groups excluding carboxylic acids is 1. The normalized spacial score (nSPS) is 25.5. The van der Waals surface area contributed by atoms with E-state index in [4.69, 9.17) is 4.74 Å². The van der Waals surface area contributed by atoms with Crippen molar-refractivity contribution in [2.45, 2.75) is 43.9 Å². The highest BCUT2D eigenvalue weighted by Crippen LogP contribution is 2.37. The number of aliphatic hydroxyl groups excluding tert-OH is 1. The van der Waals surface area contributed by atoms with E-state index in [1.54, 1.807) is 18.3 Å². The highest BCUT2D eigenvalue weighted by Gasteiger charge is 2.42. The summed E-state index contributed by atoms with van der Waals surface area (Å²) in [6.07, 6.45) is 4.74. The van der Waals surface area contributed by atoms with Crippen molar-refractivity contribution in [2.75, 3.05) is 0 Å². The fourth-order valence-electron chi connectivity index (χ4n) is 3.85. The minimum absolute atomic E-state index is 0.0286. The minimum Gasteiger partial charge on any atom is -0.439 e. The summed E-state index contributed by atoms with van der Waals surface area (Å²) in [6, 6.07) is 13.0. The van der Waals surface area contributed by atoms with Crippen molar-refractivity contribution in [2.24, 2.45) is 0 Å². The van der Waals surface area contributed by atoms with Crippen molar-refractivity contribution in [1.29, 1.82) is 0 Å². The molecule has 2 bridgehead atoms. The van der Waals surface area contributed by atoms with Gasteiger partial charge >= 0.3 is 0 Å². The number of benzene rings is 1. The van der Waals surface area contributed by atoms with Crippen LogP contribution in [-0.4, -0.2) is 39.1 Å². The average molecular weight is 324 g/mol. The summed E-state index contributed by atoms with van der Waals surface area (Å²) in [7, 11) is 0. The molecule has 0 radical (unpaired) electrons. The molecule has 2 aromatic rings. The Morgan fingerprint density at radius 3 is 2.62 bits per heavy atom. The van der Waals surface area contributed by atoms with Gasteiger partial charge in [0.15, 0.2) is 0 Å². The van der Waals surface area contributed by atoms with Gasteiger partial charge in [0.25, 0.3) is 5.91 Å². The lowest BCUT2D eigenvalue weighted by Crippen LogP contribution is -2.47. The molecular formula is C19H20N2O3. The van der Waals surface area contributed by atoms with Crippen molar-refractivity contribution < 1.29 is 14.6 Å². The van der Waals surface area contributed by atoms with Crippen LogP contribution in [0, 0.1) is 0 Å². The van der Waals surface area contributed by atoms with Crippen molar-refractivity contribution in [1.82, 2.24) is 9.88 Å². The lowest BCUT2D eigenvalue weighted by Gasteiger charge is -2.37. The molecule has 124 valence electrons. The van der Waals surface area contributed by atoms with Gasteiger partial charge in [-0.25, -0.2) is 4.98 Å². The topological polar surface area (TPSA) is 62.7 Å². The molecule has 1 N–H and O–H groups in total. The second-order valence-electron chi connectivity index (χ2n) is 6.52. The predicted molar refractivity (Wildman–Crippen MR) is 89.0 cm³/mol. The van der Waals surface area contributed by atoms with Gasteiger partial charge in [0.2, 0.25) is 5.88 Å². The monoisotopic (exact) mass is 324 g/mol. The zero-order valence-corrected chi connectivity index (χ0v) is 13.3. The van der Waals surface area contributed by atoms with Crippen LogP contribution in [0.5, 0.6) is 11.6 Å². The fourth-order valence-corrected chi connectivity index (χ4v) is 3.85. The van der Waals surface area contributed by atoms with E-state index < -0.39 is 0 Å². The molecule has 2 unspecified atom stereocenters. The quantitative estimate of drug-likeness (QED) is 0.943. The number of ether oxygens (including phenoxy) is 1. The number of hydrogen-bond donors (Lipinski definition) is 1. The number of rotatable bonds is 3. The molecule has 5 heteroatoms. The smallest absolute Gasteiger partial charge is 0.254 e. The molecule has 0 spiro atoms. The van der Waals surface area contributed by atoms with Crippen LogP contribution in [0.25, 0.3) is 0 Å². The Morgan fingerprint density at radius 1 is 1.12 bits per heavy atom. The number of piperidine rings is 1. The van der Waals surface area contributed by atoms with E-state index in [1.165, 1.54) is 0 Å².